The van der Waals surface area contributed by atoms with Crippen LogP contribution in [0.15, 0.2) is 18.2 Å². The Labute approximate surface area is 135 Å². The van der Waals surface area contributed by atoms with Crippen molar-refractivity contribution in [1.82, 2.24) is 0 Å². The molecule has 6 heteroatoms. The van der Waals surface area contributed by atoms with Gasteiger partial charge in [-0.1, -0.05) is 23.2 Å². The van der Waals surface area contributed by atoms with Crippen molar-refractivity contribution >= 4 is 34.9 Å². The van der Waals surface area contributed by atoms with Gasteiger partial charge in [0.25, 0.3) is 0 Å². The number of esters is 1. The molecule has 116 valence electrons. The molecular formula is C15H21Cl2N2O2+. The first-order valence-electron chi connectivity index (χ1n) is 7.04. The van der Waals surface area contributed by atoms with Gasteiger partial charge in [-0.2, -0.15) is 0 Å². The standard InChI is InChI=1S/C15H21Cl2N2O2/c1-19(8-5-15(20)21-2)9-6-18(7-10-19)14-4-3-12(16)11-13(14)17/h3-4,11H,5-10H2,1-2H3/q+1. The van der Waals surface area contributed by atoms with E-state index in [2.05, 4.69) is 11.9 Å². The third kappa shape index (κ3) is 4.25. The molecule has 0 saturated carbocycles. The number of hydrogen-bond acceptors (Lipinski definition) is 3. The maximum absolute atomic E-state index is 11.3. The van der Waals surface area contributed by atoms with Gasteiger partial charge in [0, 0.05) is 5.02 Å². The molecule has 1 aliphatic rings. The molecule has 0 unspecified atom stereocenters. The maximum atomic E-state index is 11.3. The molecule has 2 rings (SSSR count). The molecule has 1 saturated heterocycles. The molecule has 0 atom stereocenters. The fourth-order valence-corrected chi connectivity index (χ4v) is 3.14. The topological polar surface area (TPSA) is 29.5 Å². The molecule has 1 aliphatic heterocycles. The summed E-state index contributed by atoms with van der Waals surface area (Å²) in [4.78, 5) is 13.6. The van der Waals surface area contributed by atoms with Crippen LogP contribution in [0.1, 0.15) is 6.42 Å². The Morgan fingerprint density at radius 3 is 2.57 bits per heavy atom. The highest BCUT2D eigenvalue weighted by Gasteiger charge is 2.30. The number of halogens is 2. The molecule has 0 amide bonds. The third-order valence-corrected chi connectivity index (χ3v) is 4.69. The van der Waals surface area contributed by atoms with E-state index < -0.39 is 0 Å². The second kappa shape index (κ2) is 6.86. The van der Waals surface area contributed by atoms with Gasteiger partial charge in [0.1, 0.15) is 0 Å². The molecule has 1 aromatic rings. The first-order valence-corrected chi connectivity index (χ1v) is 7.79. The summed E-state index contributed by atoms with van der Waals surface area (Å²) < 4.78 is 5.60. The molecule has 0 bridgehead atoms. The van der Waals surface area contributed by atoms with Gasteiger partial charge in [-0.15, -0.1) is 0 Å². The summed E-state index contributed by atoms with van der Waals surface area (Å²) in [5.74, 6) is -0.141. The molecule has 1 fully saturated rings. The predicted molar refractivity (Wildman–Crippen MR) is 86.1 cm³/mol. The molecule has 1 aromatic carbocycles. The van der Waals surface area contributed by atoms with Crippen LogP contribution in [0.25, 0.3) is 0 Å². The van der Waals surface area contributed by atoms with Crippen LogP contribution < -0.4 is 4.90 Å². The SMILES string of the molecule is COC(=O)CC[N+]1(C)CCN(c2ccc(Cl)cc2Cl)CC1. The molecule has 21 heavy (non-hydrogen) atoms. The van der Waals surface area contributed by atoms with Gasteiger partial charge in [0.05, 0.1) is 64.0 Å². The number of rotatable bonds is 4. The Kier molecular flexibility index (Phi) is 5.36. The van der Waals surface area contributed by atoms with Crippen molar-refractivity contribution in [2.45, 2.75) is 6.42 Å². The number of piperazine rings is 1. The Morgan fingerprint density at radius 2 is 2.00 bits per heavy atom. The number of benzene rings is 1. The van der Waals surface area contributed by atoms with Crippen molar-refractivity contribution in [1.29, 1.82) is 0 Å². The number of carbonyl (C=O) groups is 1. The smallest absolute Gasteiger partial charge is 0.311 e. The van der Waals surface area contributed by atoms with Crippen LogP contribution in [0.4, 0.5) is 5.69 Å². The molecular weight excluding hydrogens is 311 g/mol. The zero-order chi connectivity index (χ0) is 15.5. The minimum atomic E-state index is -0.141. The van der Waals surface area contributed by atoms with Gasteiger partial charge in [-0.05, 0) is 18.2 Å². The lowest BCUT2D eigenvalue weighted by molar-refractivity contribution is -0.909. The summed E-state index contributed by atoms with van der Waals surface area (Å²) in [5, 5.41) is 1.34. The van der Waals surface area contributed by atoms with Gasteiger partial charge < -0.3 is 14.1 Å². The Balaban J connectivity index is 1.94. The van der Waals surface area contributed by atoms with E-state index >= 15 is 0 Å². The largest absolute Gasteiger partial charge is 0.469 e. The van der Waals surface area contributed by atoms with Crippen LogP contribution in [-0.4, -0.2) is 57.3 Å². The number of ether oxygens (including phenoxy) is 1. The Hall–Kier alpha value is -0.970. The van der Waals surface area contributed by atoms with Gasteiger partial charge >= 0.3 is 5.97 Å². The average molecular weight is 332 g/mol. The van der Waals surface area contributed by atoms with Crippen LogP contribution in [0.3, 0.4) is 0 Å². The molecule has 4 nitrogen and oxygen atoms in total. The van der Waals surface area contributed by atoms with Crippen molar-refractivity contribution in [2.75, 3.05) is 51.8 Å². The summed E-state index contributed by atoms with van der Waals surface area (Å²) in [6.07, 6.45) is 0.467. The number of quaternary nitrogens is 1. The number of methoxy groups -OCH3 is 1. The normalized spacial score (nSPS) is 17.6. The highest BCUT2D eigenvalue weighted by atomic mass is 35.5. The van der Waals surface area contributed by atoms with Crippen molar-refractivity contribution in [2.24, 2.45) is 0 Å². The Bertz CT molecular complexity index is 514. The summed E-state index contributed by atoms with van der Waals surface area (Å²) in [6.45, 7) is 4.61. The number of hydrogen-bond donors (Lipinski definition) is 0. The van der Waals surface area contributed by atoms with E-state index in [9.17, 15) is 4.79 Å². The fourth-order valence-electron chi connectivity index (χ4n) is 2.61. The summed E-state index contributed by atoms with van der Waals surface area (Å²) in [6, 6.07) is 5.61. The van der Waals surface area contributed by atoms with E-state index in [-0.39, 0.29) is 5.97 Å². The van der Waals surface area contributed by atoms with E-state index in [1.807, 2.05) is 12.1 Å². The number of nitrogens with zero attached hydrogens (tertiary/aromatic N) is 2. The number of carbonyl (C=O) groups excluding carboxylic acids is 1. The zero-order valence-corrected chi connectivity index (χ0v) is 14.0. The average Bonchev–Trinajstić information content (AvgIpc) is 2.46. The van der Waals surface area contributed by atoms with Crippen molar-refractivity contribution in [3.8, 4) is 0 Å². The summed E-state index contributed by atoms with van der Waals surface area (Å²) in [7, 11) is 3.62. The van der Waals surface area contributed by atoms with E-state index in [0.717, 1.165) is 42.9 Å². The van der Waals surface area contributed by atoms with Crippen LogP contribution in [-0.2, 0) is 9.53 Å². The monoisotopic (exact) mass is 331 g/mol. The Morgan fingerprint density at radius 1 is 1.33 bits per heavy atom. The molecule has 0 aromatic heterocycles. The molecule has 0 aliphatic carbocycles. The molecule has 0 radical (unpaired) electrons. The number of anilines is 1. The lowest BCUT2D eigenvalue weighted by Gasteiger charge is -2.42. The second-order valence-corrected chi connectivity index (χ2v) is 6.54. The molecule has 1 heterocycles. The van der Waals surface area contributed by atoms with E-state index in [4.69, 9.17) is 27.9 Å². The first kappa shape index (κ1) is 16.4. The third-order valence-electron chi connectivity index (χ3n) is 4.15. The quantitative estimate of drug-likeness (QED) is 0.627. The molecule has 0 N–H and O–H groups in total. The van der Waals surface area contributed by atoms with E-state index in [1.165, 1.54) is 7.11 Å². The minimum absolute atomic E-state index is 0.141. The second-order valence-electron chi connectivity index (χ2n) is 5.70. The first-order chi connectivity index (χ1) is 9.93. The van der Waals surface area contributed by atoms with E-state index in [0.29, 0.717) is 16.5 Å². The minimum Gasteiger partial charge on any atom is -0.469 e. The lowest BCUT2D eigenvalue weighted by Crippen LogP contribution is -2.58. The van der Waals surface area contributed by atoms with E-state index in [1.54, 1.807) is 6.07 Å². The van der Waals surface area contributed by atoms with Crippen LogP contribution in [0.5, 0.6) is 0 Å². The number of likely N-dealkylation sites (N-methyl/N-ethyl adjacent to an activating group) is 1. The highest BCUT2D eigenvalue weighted by molar-refractivity contribution is 6.36. The van der Waals surface area contributed by atoms with Crippen molar-refractivity contribution in [3.63, 3.8) is 0 Å². The molecule has 0 spiro atoms. The predicted octanol–water partition coefficient (Wildman–Crippen LogP) is 2.82. The highest BCUT2D eigenvalue weighted by Crippen LogP contribution is 2.30. The van der Waals surface area contributed by atoms with Crippen LogP contribution in [0.2, 0.25) is 10.0 Å². The van der Waals surface area contributed by atoms with Gasteiger partial charge in [-0.3, -0.25) is 4.79 Å². The maximum Gasteiger partial charge on any atom is 0.311 e. The van der Waals surface area contributed by atoms with Crippen molar-refractivity contribution in [3.05, 3.63) is 28.2 Å². The van der Waals surface area contributed by atoms with Gasteiger partial charge in [0.15, 0.2) is 0 Å². The summed E-state index contributed by atoms with van der Waals surface area (Å²) in [5.41, 5.74) is 1.03. The van der Waals surface area contributed by atoms with Crippen LogP contribution >= 0.6 is 23.2 Å². The fraction of sp³-hybridized carbons (Fsp3) is 0.533. The zero-order valence-electron chi connectivity index (χ0n) is 12.4. The summed E-state index contributed by atoms with van der Waals surface area (Å²) >= 11 is 12.2. The lowest BCUT2D eigenvalue weighted by atomic mass is 10.2. The van der Waals surface area contributed by atoms with Gasteiger partial charge in [-0.25, -0.2) is 0 Å². The van der Waals surface area contributed by atoms with Crippen LogP contribution in [0, 0.1) is 0 Å². The van der Waals surface area contributed by atoms with Gasteiger partial charge in [0.2, 0.25) is 0 Å². The van der Waals surface area contributed by atoms with Crippen molar-refractivity contribution < 1.29 is 14.0 Å².